The van der Waals surface area contributed by atoms with Gasteiger partial charge in [-0.25, -0.2) is 18.8 Å². The fourth-order valence-electron chi connectivity index (χ4n) is 1.26. The number of rotatable bonds is 1. The number of nitrogens with zero attached hydrogens (tertiary/aromatic N) is 1. The minimum absolute atomic E-state index is 0.112. The Morgan fingerprint density at radius 2 is 2.07 bits per heavy atom. The van der Waals surface area contributed by atoms with Crippen LogP contribution < -0.4 is 11.4 Å². The molecule has 3 N–H and O–H groups in total. The van der Waals surface area contributed by atoms with Crippen LogP contribution in [0.25, 0.3) is 5.65 Å². The number of H-pyrrole nitrogens is 2. The second-order valence-corrected chi connectivity index (χ2v) is 3.61. The van der Waals surface area contributed by atoms with E-state index in [1.54, 1.807) is 0 Å². The first-order chi connectivity index (χ1) is 7.00. The Morgan fingerprint density at radius 3 is 2.67 bits per heavy atom. The fourth-order valence-corrected chi connectivity index (χ4v) is 1.75. The van der Waals surface area contributed by atoms with E-state index in [2.05, 4.69) is 20.9 Å². The van der Waals surface area contributed by atoms with Crippen LogP contribution in [0.4, 0.5) is 0 Å². The zero-order chi connectivity index (χ0) is 11.2. The zero-order valence-corrected chi connectivity index (χ0v) is 8.66. The Morgan fingerprint density at radius 1 is 1.40 bits per heavy atom. The molecule has 0 saturated carbocycles. The molecule has 2 heterocycles. The highest BCUT2D eigenvalue weighted by atomic mass is 79.9. The average Bonchev–Trinajstić information content (AvgIpc) is 2.44. The molecule has 0 aromatic carbocycles. The van der Waals surface area contributed by atoms with E-state index in [4.69, 9.17) is 5.11 Å². The molecule has 15 heavy (non-hydrogen) atoms. The first kappa shape index (κ1) is 9.71. The third-order valence-electron chi connectivity index (χ3n) is 1.83. The normalized spacial score (nSPS) is 10.7. The second-order valence-electron chi connectivity index (χ2n) is 2.75. The van der Waals surface area contributed by atoms with Gasteiger partial charge in [-0.2, -0.15) is 0 Å². The second kappa shape index (κ2) is 3.09. The van der Waals surface area contributed by atoms with Gasteiger partial charge in [0.25, 0.3) is 0 Å². The molecular weight excluding hydrogens is 270 g/mol. The lowest BCUT2D eigenvalue weighted by Crippen LogP contribution is -2.29. The zero-order valence-electron chi connectivity index (χ0n) is 7.07. The molecule has 0 bridgehead atoms. The summed E-state index contributed by atoms with van der Waals surface area (Å²) in [7, 11) is 0. The largest absolute Gasteiger partial charge is 0.477 e. The molecule has 0 aliphatic heterocycles. The van der Waals surface area contributed by atoms with Crippen LogP contribution in [0.2, 0.25) is 0 Å². The van der Waals surface area contributed by atoms with Crippen molar-refractivity contribution in [1.82, 2.24) is 14.4 Å². The predicted octanol–water partition coefficient (Wildman–Crippen LogP) is -0.223. The molecule has 0 amide bonds. The number of halogens is 1. The van der Waals surface area contributed by atoms with Gasteiger partial charge in [0, 0.05) is 0 Å². The van der Waals surface area contributed by atoms with Gasteiger partial charge in [-0.15, -0.1) is 0 Å². The molecule has 0 aliphatic carbocycles. The summed E-state index contributed by atoms with van der Waals surface area (Å²) in [4.78, 5) is 37.3. The summed E-state index contributed by atoms with van der Waals surface area (Å²) in [5.41, 5.74) is -1.60. The lowest BCUT2D eigenvalue weighted by molar-refractivity contribution is 0.0689. The molecule has 0 unspecified atom stereocenters. The molecule has 0 fully saturated rings. The summed E-state index contributed by atoms with van der Waals surface area (Å²) < 4.78 is 1.21. The Bertz CT molecular complexity index is 665. The molecule has 0 radical (unpaired) electrons. The van der Waals surface area contributed by atoms with Crippen molar-refractivity contribution in [2.24, 2.45) is 0 Å². The van der Waals surface area contributed by atoms with E-state index in [0.29, 0.717) is 4.47 Å². The van der Waals surface area contributed by atoms with Gasteiger partial charge in [0.2, 0.25) is 0 Å². The highest BCUT2D eigenvalue weighted by molar-refractivity contribution is 9.10. The highest BCUT2D eigenvalue weighted by Crippen LogP contribution is 2.18. The number of hydrogen-bond donors (Lipinski definition) is 3. The van der Waals surface area contributed by atoms with Crippen molar-refractivity contribution in [1.29, 1.82) is 0 Å². The summed E-state index contributed by atoms with van der Waals surface area (Å²) in [5, 5.41) is 8.80. The minimum Gasteiger partial charge on any atom is -0.477 e. The predicted molar refractivity (Wildman–Crippen MR) is 53.3 cm³/mol. The van der Waals surface area contributed by atoms with Gasteiger partial charge in [0.05, 0.1) is 4.47 Å². The van der Waals surface area contributed by atoms with Crippen LogP contribution in [0.15, 0.2) is 20.1 Å². The summed E-state index contributed by atoms with van der Waals surface area (Å²) >= 11 is 3.05. The van der Waals surface area contributed by atoms with Crippen molar-refractivity contribution in [3.8, 4) is 0 Å². The van der Waals surface area contributed by atoms with Crippen LogP contribution in [0.1, 0.15) is 10.5 Å². The van der Waals surface area contributed by atoms with Crippen molar-refractivity contribution in [3.63, 3.8) is 0 Å². The van der Waals surface area contributed by atoms with Gasteiger partial charge in [-0.05, 0) is 22.0 Å². The number of hydrogen-bond acceptors (Lipinski definition) is 3. The summed E-state index contributed by atoms with van der Waals surface area (Å²) in [6.45, 7) is 0. The monoisotopic (exact) mass is 273 g/mol. The van der Waals surface area contributed by atoms with Crippen LogP contribution in [-0.4, -0.2) is 25.4 Å². The maximum Gasteiger partial charge on any atom is 0.353 e. The first-order valence-corrected chi connectivity index (χ1v) is 4.57. The van der Waals surface area contributed by atoms with Crippen LogP contribution in [0.5, 0.6) is 0 Å². The number of carboxylic acid groups (broad SMARTS) is 1. The SMILES string of the molecule is O=C(O)c1cc(Br)c2[nH]c(=O)[nH]c(=O)n12. The quantitative estimate of drug-likeness (QED) is 0.667. The van der Waals surface area contributed by atoms with Crippen molar-refractivity contribution < 1.29 is 9.90 Å². The molecule has 2 aromatic rings. The minimum atomic E-state index is -1.26. The molecule has 78 valence electrons. The van der Waals surface area contributed by atoms with Gasteiger partial charge >= 0.3 is 17.3 Å². The van der Waals surface area contributed by atoms with Crippen molar-refractivity contribution >= 4 is 27.5 Å². The van der Waals surface area contributed by atoms with Gasteiger partial charge in [-0.1, -0.05) is 0 Å². The molecule has 2 aromatic heterocycles. The Labute approximate surface area is 89.5 Å². The lowest BCUT2D eigenvalue weighted by atomic mass is 10.4. The van der Waals surface area contributed by atoms with E-state index in [1.165, 1.54) is 6.07 Å². The number of carbonyl (C=O) groups is 1. The third kappa shape index (κ3) is 1.38. The van der Waals surface area contributed by atoms with Crippen LogP contribution in [0.3, 0.4) is 0 Å². The molecule has 0 spiro atoms. The van der Waals surface area contributed by atoms with E-state index in [9.17, 15) is 14.4 Å². The molecule has 8 heteroatoms. The molecule has 0 atom stereocenters. The van der Waals surface area contributed by atoms with Gasteiger partial charge in [0.15, 0.2) is 0 Å². The number of aromatic nitrogens is 3. The first-order valence-electron chi connectivity index (χ1n) is 3.77. The summed E-state index contributed by atoms with van der Waals surface area (Å²) in [6, 6.07) is 1.24. The number of aromatic carboxylic acids is 1. The van der Waals surface area contributed by atoms with E-state index in [0.717, 1.165) is 4.40 Å². The van der Waals surface area contributed by atoms with Crippen molar-refractivity contribution in [2.75, 3.05) is 0 Å². The number of nitrogens with one attached hydrogen (secondary N) is 2. The standard InChI is InChI=1S/C7H4BrN3O4/c8-2-1-3(5(12)13)11-4(2)9-6(14)10-7(11)15/h1H,(H,12,13)(H2,9,10,14,15). The number of aromatic amines is 2. The maximum atomic E-state index is 11.3. The van der Waals surface area contributed by atoms with E-state index < -0.39 is 17.3 Å². The van der Waals surface area contributed by atoms with Gasteiger partial charge in [0.1, 0.15) is 11.3 Å². The summed E-state index contributed by atoms with van der Waals surface area (Å²) in [5.74, 6) is -1.26. The van der Waals surface area contributed by atoms with Crippen molar-refractivity contribution in [2.45, 2.75) is 0 Å². The molecule has 0 aliphatic rings. The van der Waals surface area contributed by atoms with E-state index in [-0.39, 0.29) is 11.3 Å². The van der Waals surface area contributed by atoms with Crippen molar-refractivity contribution in [3.05, 3.63) is 37.2 Å². The Kier molecular flexibility index (Phi) is 2.00. The Balaban J connectivity index is 3.07. The van der Waals surface area contributed by atoms with Crippen LogP contribution in [0, 0.1) is 0 Å². The molecule has 2 rings (SSSR count). The molecular formula is C7H4BrN3O4. The topological polar surface area (TPSA) is 107 Å². The number of carboxylic acids is 1. The number of fused-ring (bicyclic) bond motifs is 1. The lowest BCUT2D eigenvalue weighted by Gasteiger charge is -1.95. The Hall–Kier alpha value is -1.83. The fraction of sp³-hybridized carbons (Fsp3) is 0. The average molecular weight is 274 g/mol. The summed E-state index contributed by atoms with van der Waals surface area (Å²) in [6.07, 6.45) is 0. The maximum absolute atomic E-state index is 11.3. The third-order valence-corrected chi connectivity index (χ3v) is 2.43. The van der Waals surface area contributed by atoms with Gasteiger partial charge in [-0.3, -0.25) is 9.97 Å². The van der Waals surface area contributed by atoms with E-state index >= 15 is 0 Å². The highest BCUT2D eigenvalue weighted by Gasteiger charge is 2.15. The van der Waals surface area contributed by atoms with Crippen LogP contribution >= 0.6 is 15.9 Å². The molecule has 0 saturated heterocycles. The van der Waals surface area contributed by atoms with Gasteiger partial charge < -0.3 is 5.11 Å². The smallest absolute Gasteiger partial charge is 0.353 e. The molecule has 7 nitrogen and oxygen atoms in total. The van der Waals surface area contributed by atoms with E-state index in [1.807, 2.05) is 4.98 Å². The van der Waals surface area contributed by atoms with Crippen LogP contribution in [-0.2, 0) is 0 Å².